The Morgan fingerprint density at radius 2 is 1.79 bits per heavy atom. The van der Waals surface area contributed by atoms with Gasteiger partial charge in [0.05, 0.1) is 6.61 Å². The Bertz CT molecular complexity index is 358. The van der Waals surface area contributed by atoms with Crippen LogP contribution in [0, 0.1) is 0 Å². The highest BCUT2D eigenvalue weighted by Crippen LogP contribution is 2.24. The van der Waals surface area contributed by atoms with Gasteiger partial charge in [0, 0.05) is 18.8 Å². The van der Waals surface area contributed by atoms with Crippen LogP contribution < -0.4 is 10.6 Å². The van der Waals surface area contributed by atoms with Crippen LogP contribution in [0.1, 0.15) is 39.2 Å². The molecule has 0 saturated heterocycles. The van der Waals surface area contributed by atoms with Gasteiger partial charge in [-0.1, -0.05) is 32.9 Å². The van der Waals surface area contributed by atoms with E-state index >= 15 is 0 Å². The van der Waals surface area contributed by atoms with Crippen LogP contribution in [0.2, 0.25) is 0 Å². The van der Waals surface area contributed by atoms with Crippen LogP contribution in [0.15, 0.2) is 24.3 Å². The molecule has 0 radical (unpaired) electrons. The zero-order valence-electron chi connectivity index (χ0n) is 12.5. The molecule has 0 aliphatic heterocycles. The van der Waals surface area contributed by atoms with Gasteiger partial charge >= 0.3 is 0 Å². The first-order valence-corrected chi connectivity index (χ1v) is 7.20. The van der Waals surface area contributed by atoms with Crippen LogP contribution in [-0.2, 0) is 5.41 Å². The first-order chi connectivity index (χ1) is 9.04. The molecule has 0 aliphatic rings. The number of unbranched alkanes of at least 4 members (excludes halogenated alkanes) is 1. The molecule has 3 N–H and O–H groups in total. The summed E-state index contributed by atoms with van der Waals surface area (Å²) in [5.41, 5.74) is 2.77. The Balaban J connectivity index is 2.26. The summed E-state index contributed by atoms with van der Waals surface area (Å²) in [6, 6.07) is 8.67. The predicted octanol–water partition coefficient (Wildman–Crippen LogP) is 2.76. The van der Waals surface area contributed by atoms with Crippen molar-refractivity contribution < 1.29 is 5.11 Å². The minimum Gasteiger partial charge on any atom is -0.395 e. The third-order valence-electron chi connectivity index (χ3n) is 3.13. The van der Waals surface area contributed by atoms with Crippen molar-refractivity contribution in [1.29, 1.82) is 0 Å². The minimum atomic E-state index is 0.200. The monoisotopic (exact) mass is 264 g/mol. The van der Waals surface area contributed by atoms with Crippen molar-refractivity contribution in [3.63, 3.8) is 0 Å². The average molecular weight is 264 g/mol. The van der Waals surface area contributed by atoms with Gasteiger partial charge in [-0.05, 0) is 42.5 Å². The van der Waals surface area contributed by atoms with Crippen molar-refractivity contribution in [3.8, 4) is 0 Å². The normalized spacial score (nSPS) is 11.6. The van der Waals surface area contributed by atoms with Gasteiger partial charge in [0.15, 0.2) is 0 Å². The molecule has 19 heavy (non-hydrogen) atoms. The molecule has 1 rings (SSSR count). The Kier molecular flexibility index (Phi) is 6.89. The third kappa shape index (κ3) is 6.60. The zero-order chi connectivity index (χ0) is 14.1. The van der Waals surface area contributed by atoms with E-state index < -0.39 is 0 Å². The van der Waals surface area contributed by atoms with Crippen LogP contribution in [0.4, 0.5) is 5.69 Å². The van der Waals surface area contributed by atoms with Crippen LogP contribution in [0.5, 0.6) is 0 Å². The second kappa shape index (κ2) is 8.18. The molecule has 108 valence electrons. The fraction of sp³-hybridized carbons (Fsp3) is 0.625. The average Bonchev–Trinajstić information content (AvgIpc) is 2.37. The smallest absolute Gasteiger partial charge is 0.0555 e. The Labute approximate surface area is 117 Å². The second-order valence-corrected chi connectivity index (χ2v) is 5.94. The number of aliphatic hydroxyl groups excluding tert-OH is 1. The van der Waals surface area contributed by atoms with Crippen LogP contribution in [0.3, 0.4) is 0 Å². The summed E-state index contributed by atoms with van der Waals surface area (Å²) in [7, 11) is 0. The van der Waals surface area contributed by atoms with E-state index in [9.17, 15) is 0 Å². The number of rotatable bonds is 8. The van der Waals surface area contributed by atoms with E-state index in [0.717, 1.165) is 25.9 Å². The third-order valence-corrected chi connectivity index (χ3v) is 3.13. The molecule has 0 saturated carbocycles. The zero-order valence-corrected chi connectivity index (χ0v) is 12.5. The fourth-order valence-electron chi connectivity index (χ4n) is 1.91. The first kappa shape index (κ1) is 16.0. The van der Waals surface area contributed by atoms with Crippen molar-refractivity contribution in [3.05, 3.63) is 29.8 Å². The molecule has 0 aliphatic carbocycles. The molecule has 0 atom stereocenters. The van der Waals surface area contributed by atoms with Crippen LogP contribution in [0.25, 0.3) is 0 Å². The van der Waals surface area contributed by atoms with Gasteiger partial charge in [-0.3, -0.25) is 0 Å². The van der Waals surface area contributed by atoms with E-state index in [1.165, 1.54) is 11.3 Å². The molecule has 1 aromatic carbocycles. The number of hydrogen-bond acceptors (Lipinski definition) is 3. The van der Waals surface area contributed by atoms with Gasteiger partial charge in [-0.15, -0.1) is 0 Å². The fourth-order valence-corrected chi connectivity index (χ4v) is 1.91. The van der Waals surface area contributed by atoms with Crippen molar-refractivity contribution >= 4 is 5.69 Å². The summed E-state index contributed by atoms with van der Waals surface area (Å²) >= 11 is 0. The largest absolute Gasteiger partial charge is 0.395 e. The summed E-state index contributed by atoms with van der Waals surface area (Å²) in [4.78, 5) is 0. The molecule has 0 spiro atoms. The van der Waals surface area contributed by atoms with E-state index in [-0.39, 0.29) is 12.0 Å². The van der Waals surface area contributed by atoms with Crippen molar-refractivity contribution in [2.75, 3.05) is 31.6 Å². The summed E-state index contributed by atoms with van der Waals surface area (Å²) in [6.07, 6.45) is 2.27. The lowest BCUT2D eigenvalue weighted by molar-refractivity contribution is 0.292. The topological polar surface area (TPSA) is 44.3 Å². The van der Waals surface area contributed by atoms with Crippen molar-refractivity contribution in [1.82, 2.24) is 5.32 Å². The number of benzene rings is 1. The highest BCUT2D eigenvalue weighted by molar-refractivity contribution is 5.47. The molecule has 3 nitrogen and oxygen atoms in total. The van der Waals surface area contributed by atoms with Gasteiger partial charge < -0.3 is 15.7 Å². The minimum absolute atomic E-state index is 0.200. The quantitative estimate of drug-likeness (QED) is 0.633. The molecular formula is C16H28N2O. The maximum absolute atomic E-state index is 8.63. The Morgan fingerprint density at radius 3 is 2.47 bits per heavy atom. The molecule has 0 unspecified atom stereocenters. The van der Waals surface area contributed by atoms with Gasteiger partial charge in [0.1, 0.15) is 0 Å². The number of hydrogen-bond donors (Lipinski definition) is 3. The molecular weight excluding hydrogens is 236 g/mol. The SMILES string of the molecule is CC(C)(C)c1cccc(NCCCCNCCO)c1. The Hall–Kier alpha value is -1.06. The lowest BCUT2D eigenvalue weighted by atomic mass is 9.87. The Morgan fingerprint density at radius 1 is 1.05 bits per heavy atom. The lowest BCUT2D eigenvalue weighted by Crippen LogP contribution is -2.19. The van der Waals surface area contributed by atoms with E-state index in [0.29, 0.717) is 6.54 Å². The van der Waals surface area contributed by atoms with Crippen LogP contribution in [-0.4, -0.2) is 31.3 Å². The van der Waals surface area contributed by atoms with E-state index in [1.807, 2.05) is 0 Å². The summed E-state index contributed by atoms with van der Waals surface area (Å²) in [5.74, 6) is 0. The van der Waals surface area contributed by atoms with Gasteiger partial charge in [-0.25, -0.2) is 0 Å². The predicted molar refractivity (Wildman–Crippen MR) is 82.8 cm³/mol. The highest BCUT2D eigenvalue weighted by Gasteiger charge is 2.13. The van der Waals surface area contributed by atoms with Crippen LogP contribution >= 0.6 is 0 Å². The number of nitrogens with one attached hydrogen (secondary N) is 2. The molecule has 1 aromatic rings. The van der Waals surface area contributed by atoms with E-state index in [2.05, 4.69) is 55.7 Å². The molecule has 0 amide bonds. The highest BCUT2D eigenvalue weighted by atomic mass is 16.3. The second-order valence-electron chi connectivity index (χ2n) is 5.94. The summed E-state index contributed by atoms with van der Waals surface area (Å²) in [6.45, 7) is 9.59. The summed E-state index contributed by atoms with van der Waals surface area (Å²) in [5, 5.41) is 15.3. The first-order valence-electron chi connectivity index (χ1n) is 7.20. The molecule has 0 heterocycles. The maximum atomic E-state index is 8.63. The number of anilines is 1. The molecule has 0 bridgehead atoms. The van der Waals surface area contributed by atoms with E-state index in [1.54, 1.807) is 0 Å². The molecule has 0 aromatic heterocycles. The maximum Gasteiger partial charge on any atom is 0.0555 e. The van der Waals surface area contributed by atoms with Crippen molar-refractivity contribution in [2.45, 2.75) is 39.0 Å². The van der Waals surface area contributed by atoms with Crippen molar-refractivity contribution in [2.24, 2.45) is 0 Å². The van der Waals surface area contributed by atoms with Gasteiger partial charge in [0.25, 0.3) is 0 Å². The van der Waals surface area contributed by atoms with E-state index in [4.69, 9.17) is 5.11 Å². The molecule has 3 heteroatoms. The molecule has 0 fully saturated rings. The van der Waals surface area contributed by atoms with Gasteiger partial charge in [0.2, 0.25) is 0 Å². The summed E-state index contributed by atoms with van der Waals surface area (Å²) < 4.78 is 0. The standard InChI is InChI=1S/C16H28N2O/c1-16(2,3)14-7-6-8-15(13-14)18-10-5-4-9-17-11-12-19/h6-8,13,17-19H,4-5,9-12H2,1-3H3. The lowest BCUT2D eigenvalue weighted by Gasteiger charge is -2.20. The number of aliphatic hydroxyl groups is 1. The van der Waals surface area contributed by atoms with Gasteiger partial charge in [-0.2, -0.15) is 0 Å².